The van der Waals surface area contributed by atoms with Gasteiger partial charge in [0, 0.05) is 23.2 Å². The van der Waals surface area contributed by atoms with Crippen molar-refractivity contribution in [3.8, 4) is 5.69 Å². The van der Waals surface area contributed by atoms with Crippen LogP contribution in [-0.2, 0) is 9.59 Å². The summed E-state index contributed by atoms with van der Waals surface area (Å²) in [6, 6.07) is 19.6. The number of anilines is 1. The van der Waals surface area contributed by atoms with E-state index in [0.717, 1.165) is 54.7 Å². The number of benzene rings is 2. The van der Waals surface area contributed by atoms with Crippen molar-refractivity contribution in [1.82, 2.24) is 9.47 Å². The summed E-state index contributed by atoms with van der Waals surface area (Å²) >= 11 is 6.36. The molecule has 2 aromatic carbocycles. The van der Waals surface area contributed by atoms with Crippen molar-refractivity contribution in [1.29, 1.82) is 0 Å². The molecular weight excluding hydrogens is 434 g/mol. The van der Waals surface area contributed by atoms with Gasteiger partial charge < -0.3 is 9.47 Å². The topological polar surface area (TPSA) is 45.6 Å². The van der Waals surface area contributed by atoms with Gasteiger partial charge in [0.05, 0.1) is 17.1 Å². The molecule has 1 aromatic heterocycles. The van der Waals surface area contributed by atoms with Crippen LogP contribution < -0.4 is 4.90 Å². The van der Waals surface area contributed by atoms with Crippen LogP contribution in [0.4, 0.5) is 5.69 Å². The van der Waals surface area contributed by atoms with Gasteiger partial charge in [-0.3, -0.25) is 14.5 Å². The van der Waals surface area contributed by atoms with Gasteiger partial charge in [-0.1, -0.05) is 42.3 Å². The Labute approximate surface area is 198 Å². The van der Waals surface area contributed by atoms with Gasteiger partial charge >= 0.3 is 0 Å². The van der Waals surface area contributed by atoms with E-state index in [2.05, 4.69) is 10.6 Å². The molecule has 2 amide bonds. The Morgan fingerprint density at radius 1 is 0.939 bits per heavy atom. The predicted molar refractivity (Wildman–Crippen MR) is 129 cm³/mol. The average Bonchev–Trinajstić information content (AvgIpc) is 3.50. The van der Waals surface area contributed by atoms with Crippen molar-refractivity contribution in [2.75, 3.05) is 11.4 Å². The fourth-order valence-electron chi connectivity index (χ4n) is 5.14. The molecule has 2 heterocycles. The number of hydrogen-bond acceptors (Lipinski definition) is 2. The summed E-state index contributed by atoms with van der Waals surface area (Å²) in [6.07, 6.45) is 7.01. The highest BCUT2D eigenvalue weighted by molar-refractivity contribution is 6.30. The highest BCUT2D eigenvalue weighted by Gasteiger charge is 2.42. The lowest BCUT2D eigenvalue weighted by molar-refractivity contribution is -0.141. The van der Waals surface area contributed by atoms with Crippen LogP contribution in [0.3, 0.4) is 0 Å². The number of fused-ring (bicyclic) bond motifs is 3. The molecule has 0 saturated heterocycles. The van der Waals surface area contributed by atoms with Gasteiger partial charge in [-0.05, 0) is 67.6 Å². The third kappa shape index (κ3) is 3.55. The minimum absolute atomic E-state index is 0.0561. The van der Waals surface area contributed by atoms with Crippen molar-refractivity contribution in [3.63, 3.8) is 0 Å². The summed E-state index contributed by atoms with van der Waals surface area (Å²) < 4.78 is 2.14. The first-order valence-electron chi connectivity index (χ1n) is 11.8. The van der Waals surface area contributed by atoms with E-state index in [9.17, 15) is 9.59 Å². The molecular formula is C27H26ClN3O2. The van der Waals surface area contributed by atoms with Crippen LogP contribution in [0.1, 0.15) is 49.4 Å². The van der Waals surface area contributed by atoms with E-state index < -0.39 is 0 Å². The SMILES string of the molecule is O=C(C1CCC1)N(CC(=O)N1c2ccccc2-n2cccc2C1c1cccc(Cl)c1)C1CC1. The van der Waals surface area contributed by atoms with Crippen LogP contribution in [0.5, 0.6) is 0 Å². The van der Waals surface area contributed by atoms with Gasteiger partial charge in [-0.2, -0.15) is 0 Å². The molecule has 0 bridgehead atoms. The average molecular weight is 460 g/mol. The Morgan fingerprint density at radius 3 is 2.42 bits per heavy atom. The summed E-state index contributed by atoms with van der Waals surface area (Å²) in [5.74, 6) is 0.192. The van der Waals surface area contributed by atoms with Crippen LogP contribution >= 0.6 is 11.6 Å². The first-order chi connectivity index (χ1) is 16.1. The highest BCUT2D eigenvalue weighted by Crippen LogP contribution is 2.43. The number of para-hydroxylation sites is 2. The fraction of sp³-hybridized carbons (Fsp3) is 0.333. The zero-order valence-electron chi connectivity index (χ0n) is 18.4. The number of carbonyl (C=O) groups is 2. The number of rotatable bonds is 5. The van der Waals surface area contributed by atoms with E-state index in [-0.39, 0.29) is 36.4 Å². The van der Waals surface area contributed by atoms with Crippen LogP contribution in [-0.4, -0.2) is 33.9 Å². The van der Waals surface area contributed by atoms with Gasteiger partial charge in [0.25, 0.3) is 0 Å². The Hall–Kier alpha value is -3.05. The van der Waals surface area contributed by atoms with E-state index in [1.807, 2.05) is 70.6 Å². The second kappa shape index (κ2) is 8.07. The van der Waals surface area contributed by atoms with Crippen LogP contribution in [0.25, 0.3) is 5.69 Å². The monoisotopic (exact) mass is 459 g/mol. The van der Waals surface area contributed by atoms with E-state index in [1.54, 1.807) is 0 Å². The van der Waals surface area contributed by atoms with Crippen molar-refractivity contribution in [3.05, 3.63) is 83.1 Å². The van der Waals surface area contributed by atoms with E-state index in [0.29, 0.717) is 5.02 Å². The molecule has 2 saturated carbocycles. The van der Waals surface area contributed by atoms with Crippen LogP contribution in [0.2, 0.25) is 5.02 Å². The van der Waals surface area contributed by atoms with Gasteiger partial charge in [0.2, 0.25) is 11.8 Å². The summed E-state index contributed by atoms with van der Waals surface area (Å²) in [6.45, 7) is 0.117. The minimum atomic E-state index is -0.319. The van der Waals surface area contributed by atoms with Crippen molar-refractivity contribution >= 4 is 29.1 Å². The molecule has 6 rings (SSSR count). The number of nitrogens with zero attached hydrogens (tertiary/aromatic N) is 3. The molecule has 3 aliphatic rings. The van der Waals surface area contributed by atoms with Crippen molar-refractivity contribution < 1.29 is 9.59 Å². The molecule has 1 atom stereocenters. The highest BCUT2D eigenvalue weighted by atomic mass is 35.5. The zero-order valence-corrected chi connectivity index (χ0v) is 19.1. The van der Waals surface area contributed by atoms with E-state index in [1.165, 1.54) is 0 Å². The van der Waals surface area contributed by atoms with Gasteiger partial charge in [-0.15, -0.1) is 0 Å². The summed E-state index contributed by atoms with van der Waals surface area (Å²) in [4.78, 5) is 30.9. The van der Waals surface area contributed by atoms with Crippen LogP contribution in [0, 0.1) is 5.92 Å². The maximum Gasteiger partial charge on any atom is 0.247 e. The standard InChI is InChI=1S/C27H26ClN3O2/c28-20-9-4-8-19(16-20)26-24-12-5-15-29(24)22-10-1-2-11-23(22)31(26)25(32)17-30(21-13-14-21)27(33)18-6-3-7-18/h1-2,4-5,8-12,15-16,18,21,26H,3,6-7,13-14,17H2. The predicted octanol–water partition coefficient (Wildman–Crippen LogP) is 5.36. The number of halogens is 1. The number of carbonyl (C=O) groups excluding carboxylic acids is 2. The molecule has 168 valence electrons. The quantitative estimate of drug-likeness (QED) is 0.515. The molecule has 33 heavy (non-hydrogen) atoms. The second-order valence-corrected chi connectivity index (χ2v) is 9.77. The van der Waals surface area contributed by atoms with E-state index in [4.69, 9.17) is 11.6 Å². The maximum absolute atomic E-state index is 14.0. The Balaban J connectivity index is 1.42. The molecule has 0 spiro atoms. The lowest BCUT2D eigenvalue weighted by atomic mass is 9.84. The smallest absolute Gasteiger partial charge is 0.247 e. The number of amides is 2. The molecule has 6 heteroatoms. The molecule has 5 nitrogen and oxygen atoms in total. The molecule has 1 aliphatic heterocycles. The number of hydrogen-bond donors (Lipinski definition) is 0. The van der Waals surface area contributed by atoms with E-state index >= 15 is 0 Å². The molecule has 1 unspecified atom stereocenters. The third-order valence-corrected chi connectivity index (χ3v) is 7.42. The zero-order chi connectivity index (χ0) is 22.5. The largest absolute Gasteiger partial charge is 0.330 e. The van der Waals surface area contributed by atoms with Crippen molar-refractivity contribution in [2.45, 2.75) is 44.2 Å². The summed E-state index contributed by atoms with van der Waals surface area (Å²) in [7, 11) is 0. The van der Waals surface area contributed by atoms with Crippen LogP contribution in [0.15, 0.2) is 66.9 Å². The summed E-state index contributed by atoms with van der Waals surface area (Å²) in [5.41, 5.74) is 3.77. The lowest BCUT2D eigenvalue weighted by Crippen LogP contribution is -2.49. The first-order valence-corrected chi connectivity index (χ1v) is 12.1. The Morgan fingerprint density at radius 2 is 1.73 bits per heavy atom. The maximum atomic E-state index is 14.0. The minimum Gasteiger partial charge on any atom is -0.330 e. The van der Waals surface area contributed by atoms with Crippen molar-refractivity contribution in [2.24, 2.45) is 5.92 Å². The Bertz CT molecular complexity index is 1230. The molecule has 0 N–H and O–H groups in total. The second-order valence-electron chi connectivity index (χ2n) is 9.34. The fourth-order valence-corrected chi connectivity index (χ4v) is 5.34. The molecule has 2 aliphatic carbocycles. The number of aromatic nitrogens is 1. The molecule has 0 radical (unpaired) electrons. The third-order valence-electron chi connectivity index (χ3n) is 7.18. The lowest BCUT2D eigenvalue weighted by Gasteiger charge is -2.40. The summed E-state index contributed by atoms with van der Waals surface area (Å²) in [5, 5.41) is 0.636. The molecule has 3 aromatic rings. The van der Waals surface area contributed by atoms with Gasteiger partial charge in [0.1, 0.15) is 12.6 Å². The first kappa shape index (κ1) is 20.5. The normalized spacial score (nSPS) is 19.4. The van der Waals surface area contributed by atoms with Gasteiger partial charge in [-0.25, -0.2) is 0 Å². The molecule has 2 fully saturated rings. The van der Waals surface area contributed by atoms with Gasteiger partial charge in [0.15, 0.2) is 0 Å². The Kier molecular flexibility index (Phi) is 5.02.